The minimum absolute atomic E-state index is 0.147. The second-order valence-electron chi connectivity index (χ2n) is 8.18. The number of nitrogens with one attached hydrogen (secondary N) is 4. The molecule has 30 heavy (non-hydrogen) atoms. The molecule has 0 saturated carbocycles. The van der Waals surface area contributed by atoms with Crippen LogP contribution in [0.2, 0.25) is 0 Å². The van der Waals surface area contributed by atoms with Crippen LogP contribution in [0.5, 0.6) is 0 Å². The lowest BCUT2D eigenvalue weighted by Gasteiger charge is -2.49. The highest BCUT2D eigenvalue weighted by Crippen LogP contribution is 2.27. The largest absolute Gasteiger partial charge is 0.386 e. The Morgan fingerprint density at radius 2 is 1.97 bits per heavy atom. The summed E-state index contributed by atoms with van der Waals surface area (Å²) in [6.45, 7) is 4.58. The number of hydrogen-bond acceptors (Lipinski definition) is 6. The lowest BCUT2D eigenvalue weighted by atomic mass is 9.91. The number of aryl methyl sites for hydroxylation is 1. The molecule has 2 unspecified atom stereocenters. The molecule has 3 aliphatic heterocycles. The van der Waals surface area contributed by atoms with Gasteiger partial charge in [0.1, 0.15) is 17.2 Å². The number of fused-ring (bicyclic) bond motifs is 3. The van der Waals surface area contributed by atoms with E-state index < -0.39 is 0 Å². The average molecular weight is 406 g/mol. The second kappa shape index (κ2) is 7.60. The number of piperazine rings is 1. The Kier molecular flexibility index (Phi) is 4.78. The van der Waals surface area contributed by atoms with E-state index in [4.69, 9.17) is 0 Å². The van der Waals surface area contributed by atoms with E-state index in [1.807, 2.05) is 6.92 Å². The van der Waals surface area contributed by atoms with Gasteiger partial charge in [-0.1, -0.05) is 12.1 Å². The van der Waals surface area contributed by atoms with Crippen molar-refractivity contribution in [1.29, 1.82) is 0 Å². The van der Waals surface area contributed by atoms with Gasteiger partial charge in [0.2, 0.25) is 0 Å². The Bertz CT molecular complexity index is 1060. The molecule has 3 saturated heterocycles. The fourth-order valence-corrected chi connectivity index (χ4v) is 4.50. The van der Waals surface area contributed by atoms with Gasteiger partial charge in [0.15, 0.2) is 0 Å². The van der Waals surface area contributed by atoms with Crippen molar-refractivity contribution in [2.24, 2.45) is 0 Å². The van der Waals surface area contributed by atoms with Crippen LogP contribution in [0.3, 0.4) is 0 Å². The van der Waals surface area contributed by atoms with Crippen molar-refractivity contribution in [2.75, 3.05) is 36.9 Å². The second-order valence-corrected chi connectivity index (χ2v) is 8.18. The number of anilines is 2. The van der Waals surface area contributed by atoms with Gasteiger partial charge >= 0.3 is 0 Å². The van der Waals surface area contributed by atoms with Crippen LogP contribution in [0.15, 0.2) is 30.5 Å². The zero-order valence-electron chi connectivity index (χ0n) is 17.3. The molecule has 2 atom stereocenters. The molecule has 8 nitrogen and oxygen atoms in total. The lowest BCUT2D eigenvalue weighted by Crippen LogP contribution is -2.67. The number of aromatic nitrogens is 3. The number of carbonyl (C=O) groups is 1. The SMILES string of the molecule is CNc1c(C(=O)NCCc2ccc(N3CC4CC(C3)N4)cc2)[nH]c2nc(C)ncc12. The molecule has 2 bridgehead atoms. The van der Waals surface area contributed by atoms with Crippen LogP contribution in [0.4, 0.5) is 11.4 Å². The van der Waals surface area contributed by atoms with Crippen LogP contribution in [-0.2, 0) is 6.42 Å². The van der Waals surface area contributed by atoms with Crippen molar-refractivity contribution >= 4 is 28.3 Å². The zero-order valence-corrected chi connectivity index (χ0v) is 17.3. The number of benzene rings is 1. The highest BCUT2D eigenvalue weighted by atomic mass is 16.1. The van der Waals surface area contributed by atoms with Crippen molar-refractivity contribution in [3.05, 3.63) is 47.5 Å². The average Bonchev–Trinajstić information content (AvgIpc) is 3.11. The summed E-state index contributed by atoms with van der Waals surface area (Å²) in [5.74, 6) is 0.520. The maximum absolute atomic E-state index is 12.7. The van der Waals surface area contributed by atoms with Crippen molar-refractivity contribution in [1.82, 2.24) is 25.6 Å². The van der Waals surface area contributed by atoms with E-state index in [1.54, 1.807) is 13.2 Å². The van der Waals surface area contributed by atoms with Gasteiger partial charge in [0.05, 0.1) is 11.1 Å². The molecule has 3 aliphatic rings. The molecule has 156 valence electrons. The molecule has 8 heteroatoms. The Balaban J connectivity index is 1.19. The molecule has 1 amide bonds. The third-order valence-electron chi connectivity index (χ3n) is 6.07. The predicted octanol–water partition coefficient (Wildman–Crippen LogP) is 1.83. The van der Waals surface area contributed by atoms with E-state index in [0.29, 0.717) is 35.8 Å². The molecule has 2 aromatic heterocycles. The summed E-state index contributed by atoms with van der Waals surface area (Å²) in [4.78, 5) is 26.9. The molecule has 0 radical (unpaired) electrons. The van der Waals surface area contributed by atoms with Crippen LogP contribution in [0.1, 0.15) is 28.3 Å². The Morgan fingerprint density at radius 3 is 2.67 bits per heavy atom. The fourth-order valence-electron chi connectivity index (χ4n) is 4.50. The minimum Gasteiger partial charge on any atom is -0.386 e. The van der Waals surface area contributed by atoms with Crippen molar-refractivity contribution in [2.45, 2.75) is 31.8 Å². The van der Waals surface area contributed by atoms with E-state index in [1.165, 1.54) is 17.7 Å². The number of rotatable bonds is 6. The van der Waals surface area contributed by atoms with E-state index in [0.717, 1.165) is 30.6 Å². The molecular formula is C22H27N7O. The Hall–Kier alpha value is -3.13. The predicted molar refractivity (Wildman–Crippen MR) is 118 cm³/mol. The normalized spacial score (nSPS) is 20.1. The van der Waals surface area contributed by atoms with Crippen molar-refractivity contribution in [3.63, 3.8) is 0 Å². The molecule has 6 rings (SSSR count). The summed E-state index contributed by atoms with van der Waals surface area (Å²) < 4.78 is 0. The van der Waals surface area contributed by atoms with E-state index >= 15 is 0 Å². The first kappa shape index (κ1) is 18.9. The standard InChI is InChI=1S/C22H27N7O/c1-13-25-10-18-19(23-2)20(28-21(18)26-13)22(30)24-8-7-14-3-5-17(6-4-14)29-11-15-9-16(12-29)27-15/h3-6,10,15-16,23,27H,7-9,11-12H2,1-2H3,(H,24,30)(H,25,26,28). The van der Waals surface area contributed by atoms with Gasteiger partial charge in [-0.25, -0.2) is 9.97 Å². The lowest BCUT2D eigenvalue weighted by molar-refractivity contribution is 0.0951. The molecule has 5 heterocycles. The van der Waals surface area contributed by atoms with Crippen LogP contribution in [-0.4, -0.2) is 59.6 Å². The Labute approximate surface area is 175 Å². The van der Waals surface area contributed by atoms with Gasteiger partial charge in [-0.15, -0.1) is 0 Å². The first-order chi connectivity index (χ1) is 14.6. The first-order valence-corrected chi connectivity index (χ1v) is 10.5. The van der Waals surface area contributed by atoms with Crippen molar-refractivity contribution < 1.29 is 4.79 Å². The van der Waals surface area contributed by atoms with Crippen molar-refractivity contribution in [3.8, 4) is 0 Å². The third-order valence-corrected chi connectivity index (χ3v) is 6.07. The molecule has 1 aromatic carbocycles. The quantitative estimate of drug-likeness (QED) is 0.500. The number of piperidine rings is 1. The third kappa shape index (κ3) is 3.47. The highest BCUT2D eigenvalue weighted by molar-refractivity contribution is 6.07. The van der Waals surface area contributed by atoms with Gasteiger partial charge in [0.25, 0.3) is 5.91 Å². The number of H-pyrrole nitrogens is 1. The fraction of sp³-hybridized carbons (Fsp3) is 0.409. The number of carbonyl (C=O) groups excluding carboxylic acids is 1. The van der Waals surface area contributed by atoms with Gasteiger partial charge in [-0.2, -0.15) is 0 Å². The summed E-state index contributed by atoms with van der Waals surface area (Å²) in [5.41, 5.74) is 4.37. The summed E-state index contributed by atoms with van der Waals surface area (Å²) in [6, 6.07) is 10.0. The number of hydrogen-bond donors (Lipinski definition) is 4. The molecular weight excluding hydrogens is 378 g/mol. The van der Waals surface area contributed by atoms with E-state index in [-0.39, 0.29) is 5.91 Å². The van der Waals surface area contributed by atoms with Crippen LogP contribution in [0.25, 0.3) is 11.0 Å². The smallest absolute Gasteiger partial charge is 0.269 e. The minimum atomic E-state index is -0.147. The van der Waals surface area contributed by atoms with Gasteiger partial charge < -0.3 is 25.8 Å². The van der Waals surface area contributed by atoms with Crippen LogP contribution >= 0.6 is 0 Å². The monoisotopic (exact) mass is 405 g/mol. The number of nitrogens with zero attached hydrogens (tertiary/aromatic N) is 3. The van der Waals surface area contributed by atoms with Crippen LogP contribution < -0.4 is 20.9 Å². The first-order valence-electron chi connectivity index (χ1n) is 10.5. The summed E-state index contributed by atoms with van der Waals surface area (Å²) in [5, 5.41) is 10.5. The van der Waals surface area contributed by atoms with Gasteiger partial charge in [-0.3, -0.25) is 4.79 Å². The van der Waals surface area contributed by atoms with E-state index in [2.05, 4.69) is 60.1 Å². The molecule has 3 aromatic rings. The summed E-state index contributed by atoms with van der Waals surface area (Å²) >= 11 is 0. The molecule has 4 N–H and O–H groups in total. The highest BCUT2D eigenvalue weighted by Gasteiger charge is 2.36. The summed E-state index contributed by atoms with van der Waals surface area (Å²) in [7, 11) is 1.79. The van der Waals surface area contributed by atoms with Gasteiger partial charge in [-0.05, 0) is 37.5 Å². The number of aromatic amines is 1. The topological polar surface area (TPSA) is 98.0 Å². The molecule has 0 aliphatic carbocycles. The maximum Gasteiger partial charge on any atom is 0.269 e. The number of amides is 1. The van der Waals surface area contributed by atoms with Crippen LogP contribution in [0, 0.1) is 6.92 Å². The molecule has 3 fully saturated rings. The van der Waals surface area contributed by atoms with E-state index in [9.17, 15) is 4.79 Å². The van der Waals surface area contributed by atoms with Gasteiger partial charge in [0, 0.05) is 50.6 Å². The zero-order chi connectivity index (χ0) is 20.7. The maximum atomic E-state index is 12.7. The summed E-state index contributed by atoms with van der Waals surface area (Å²) in [6.07, 6.45) is 3.83. The Morgan fingerprint density at radius 1 is 1.23 bits per heavy atom. The molecule has 0 spiro atoms.